The largest absolute Gasteiger partial charge is 0.381 e. The van der Waals surface area contributed by atoms with E-state index in [0.717, 1.165) is 45.1 Å². The van der Waals surface area contributed by atoms with Gasteiger partial charge in [-0.05, 0) is 37.8 Å². The molecule has 4 heteroatoms. The van der Waals surface area contributed by atoms with Gasteiger partial charge in [0.05, 0.1) is 12.6 Å². The Labute approximate surface area is 163 Å². The van der Waals surface area contributed by atoms with Gasteiger partial charge in [0.1, 0.15) is 0 Å². The van der Waals surface area contributed by atoms with Crippen LogP contribution in [-0.2, 0) is 10.2 Å². The third-order valence-corrected chi connectivity index (χ3v) is 5.37. The van der Waals surface area contributed by atoms with Crippen LogP contribution in [0.3, 0.4) is 0 Å². The number of hydrogen-bond donors (Lipinski definition) is 2. The second kappa shape index (κ2) is 9.56. The lowest BCUT2D eigenvalue weighted by molar-refractivity contribution is 0.0531. The molecule has 0 aliphatic carbocycles. The lowest BCUT2D eigenvalue weighted by atomic mass is 9.74. The molecular weight excluding hydrogens is 334 g/mol. The van der Waals surface area contributed by atoms with Crippen LogP contribution in [0, 0.1) is 0 Å². The number of hydrogen-bond acceptors (Lipinski definition) is 2. The lowest BCUT2D eigenvalue weighted by Crippen LogP contribution is -2.42. The Kier molecular flexibility index (Phi) is 6.88. The summed E-state index contributed by atoms with van der Waals surface area (Å²) in [6.07, 6.45) is 2.02. The first-order valence-electron chi connectivity index (χ1n) is 9.96. The Morgan fingerprint density at radius 1 is 1.04 bits per heavy atom. The van der Waals surface area contributed by atoms with Crippen LogP contribution in [0.1, 0.15) is 43.9 Å². The molecule has 1 saturated heterocycles. The van der Waals surface area contributed by atoms with Gasteiger partial charge >= 0.3 is 0 Å². The van der Waals surface area contributed by atoms with Crippen molar-refractivity contribution in [3.63, 3.8) is 0 Å². The SMILES string of the molecule is CCNC(=NCC1(c2ccccc2)CCOCC1)NC(C)c1ccccc1. The molecule has 0 amide bonds. The fraction of sp³-hybridized carbons (Fsp3) is 0.435. The molecule has 1 heterocycles. The molecule has 2 N–H and O–H groups in total. The average molecular weight is 366 g/mol. The maximum absolute atomic E-state index is 5.64. The fourth-order valence-corrected chi connectivity index (χ4v) is 3.67. The van der Waals surface area contributed by atoms with Crippen LogP contribution in [0.2, 0.25) is 0 Å². The van der Waals surface area contributed by atoms with Gasteiger partial charge in [-0.15, -0.1) is 0 Å². The average Bonchev–Trinajstić information content (AvgIpc) is 2.74. The predicted molar refractivity (Wildman–Crippen MR) is 112 cm³/mol. The highest BCUT2D eigenvalue weighted by molar-refractivity contribution is 5.80. The van der Waals surface area contributed by atoms with Crippen molar-refractivity contribution < 1.29 is 4.74 Å². The highest BCUT2D eigenvalue weighted by Gasteiger charge is 2.34. The summed E-state index contributed by atoms with van der Waals surface area (Å²) in [5.41, 5.74) is 2.67. The second-order valence-corrected chi connectivity index (χ2v) is 7.23. The Morgan fingerprint density at radius 3 is 2.30 bits per heavy atom. The minimum absolute atomic E-state index is 0.0534. The van der Waals surface area contributed by atoms with E-state index in [9.17, 15) is 0 Å². The Hall–Kier alpha value is -2.33. The molecule has 1 unspecified atom stereocenters. The Bertz CT molecular complexity index is 709. The van der Waals surface area contributed by atoms with Crippen molar-refractivity contribution in [2.45, 2.75) is 38.1 Å². The van der Waals surface area contributed by atoms with Crippen LogP contribution in [0.5, 0.6) is 0 Å². The summed E-state index contributed by atoms with van der Waals surface area (Å²) < 4.78 is 5.64. The van der Waals surface area contributed by atoms with E-state index in [4.69, 9.17) is 9.73 Å². The van der Waals surface area contributed by atoms with Gasteiger partial charge < -0.3 is 15.4 Å². The maximum Gasteiger partial charge on any atom is 0.191 e. The van der Waals surface area contributed by atoms with Crippen LogP contribution in [0.15, 0.2) is 65.7 Å². The van der Waals surface area contributed by atoms with Crippen molar-refractivity contribution in [3.8, 4) is 0 Å². The summed E-state index contributed by atoms with van der Waals surface area (Å²) in [5, 5.41) is 6.95. The molecule has 27 heavy (non-hydrogen) atoms. The highest BCUT2D eigenvalue weighted by atomic mass is 16.5. The number of aliphatic imine (C=N–C) groups is 1. The van der Waals surface area contributed by atoms with Gasteiger partial charge in [-0.25, -0.2) is 0 Å². The quantitative estimate of drug-likeness (QED) is 0.600. The zero-order valence-corrected chi connectivity index (χ0v) is 16.4. The molecule has 0 spiro atoms. The van der Waals surface area contributed by atoms with Gasteiger partial charge in [0.15, 0.2) is 5.96 Å². The minimum atomic E-state index is 0.0534. The van der Waals surface area contributed by atoms with E-state index < -0.39 is 0 Å². The first-order valence-corrected chi connectivity index (χ1v) is 9.96. The monoisotopic (exact) mass is 365 g/mol. The molecule has 1 aliphatic heterocycles. The van der Waals surface area contributed by atoms with E-state index in [1.807, 2.05) is 6.07 Å². The molecule has 1 aliphatic rings. The summed E-state index contributed by atoms with van der Waals surface area (Å²) in [5.74, 6) is 0.871. The molecule has 1 atom stereocenters. The summed E-state index contributed by atoms with van der Waals surface area (Å²) in [7, 11) is 0. The standard InChI is InChI=1S/C23H31N3O/c1-3-24-22(26-19(2)20-10-6-4-7-11-20)25-18-23(14-16-27-17-15-23)21-12-8-5-9-13-21/h4-13,19H,3,14-18H2,1-2H3,(H2,24,25,26). The molecular formula is C23H31N3O. The number of nitrogens with zero attached hydrogens (tertiary/aromatic N) is 1. The normalized spacial score (nSPS) is 17.9. The molecule has 0 aromatic heterocycles. The summed E-state index contributed by atoms with van der Waals surface area (Å²) in [4.78, 5) is 4.99. The van der Waals surface area contributed by atoms with Crippen LogP contribution in [0.4, 0.5) is 0 Å². The van der Waals surface area contributed by atoms with Crippen molar-refractivity contribution in [3.05, 3.63) is 71.8 Å². The molecule has 0 saturated carbocycles. The summed E-state index contributed by atoms with van der Waals surface area (Å²) in [6, 6.07) is 21.5. The van der Waals surface area contributed by atoms with Gasteiger partial charge in [-0.3, -0.25) is 4.99 Å². The van der Waals surface area contributed by atoms with Gasteiger partial charge in [0.2, 0.25) is 0 Å². The molecule has 0 bridgehead atoms. The number of nitrogens with one attached hydrogen (secondary N) is 2. The van der Waals surface area contributed by atoms with E-state index in [0.29, 0.717) is 0 Å². The van der Waals surface area contributed by atoms with Crippen LogP contribution < -0.4 is 10.6 Å². The van der Waals surface area contributed by atoms with Crippen LogP contribution in [-0.4, -0.2) is 32.3 Å². The molecule has 2 aromatic carbocycles. The minimum Gasteiger partial charge on any atom is -0.381 e. The van der Waals surface area contributed by atoms with Crippen molar-refractivity contribution in [2.75, 3.05) is 26.3 Å². The van der Waals surface area contributed by atoms with Crippen molar-refractivity contribution >= 4 is 5.96 Å². The summed E-state index contributed by atoms with van der Waals surface area (Å²) >= 11 is 0. The Balaban J connectivity index is 1.77. The molecule has 4 nitrogen and oxygen atoms in total. The molecule has 144 valence electrons. The molecule has 0 radical (unpaired) electrons. The van der Waals surface area contributed by atoms with E-state index >= 15 is 0 Å². The zero-order valence-electron chi connectivity index (χ0n) is 16.4. The van der Waals surface area contributed by atoms with Crippen molar-refractivity contribution in [1.82, 2.24) is 10.6 Å². The van der Waals surface area contributed by atoms with Crippen LogP contribution >= 0.6 is 0 Å². The number of benzene rings is 2. The van der Waals surface area contributed by atoms with Crippen LogP contribution in [0.25, 0.3) is 0 Å². The van der Waals surface area contributed by atoms with E-state index in [2.05, 4.69) is 79.1 Å². The summed E-state index contributed by atoms with van der Waals surface area (Å²) in [6.45, 7) is 7.48. The second-order valence-electron chi connectivity index (χ2n) is 7.23. The highest BCUT2D eigenvalue weighted by Crippen LogP contribution is 2.35. The Morgan fingerprint density at radius 2 is 1.67 bits per heavy atom. The number of rotatable bonds is 6. The smallest absolute Gasteiger partial charge is 0.191 e. The third-order valence-electron chi connectivity index (χ3n) is 5.37. The molecule has 2 aromatic rings. The third kappa shape index (κ3) is 5.10. The van der Waals surface area contributed by atoms with Crippen molar-refractivity contribution in [2.24, 2.45) is 4.99 Å². The molecule has 3 rings (SSSR count). The zero-order chi connectivity index (χ0) is 19.0. The van der Waals surface area contributed by atoms with Gasteiger partial charge in [0.25, 0.3) is 0 Å². The van der Waals surface area contributed by atoms with E-state index in [1.165, 1.54) is 11.1 Å². The first-order chi connectivity index (χ1) is 13.2. The van der Waals surface area contributed by atoms with Gasteiger partial charge in [-0.1, -0.05) is 60.7 Å². The van der Waals surface area contributed by atoms with E-state index in [-0.39, 0.29) is 11.5 Å². The topological polar surface area (TPSA) is 45.7 Å². The van der Waals surface area contributed by atoms with Gasteiger partial charge in [0, 0.05) is 25.2 Å². The van der Waals surface area contributed by atoms with E-state index in [1.54, 1.807) is 0 Å². The lowest BCUT2D eigenvalue weighted by Gasteiger charge is -2.36. The number of ether oxygens (including phenoxy) is 1. The van der Waals surface area contributed by atoms with Crippen molar-refractivity contribution in [1.29, 1.82) is 0 Å². The molecule has 1 fully saturated rings. The van der Waals surface area contributed by atoms with Gasteiger partial charge in [-0.2, -0.15) is 0 Å². The predicted octanol–water partition coefficient (Wildman–Crippen LogP) is 4.05. The fourth-order valence-electron chi connectivity index (χ4n) is 3.67. The maximum atomic E-state index is 5.64. The number of guanidine groups is 1. The first kappa shape index (κ1) is 19.4.